The number of ether oxygens (including phenoxy) is 1. The summed E-state index contributed by atoms with van der Waals surface area (Å²) in [5, 5.41) is 2.75. The molecule has 21 heavy (non-hydrogen) atoms. The zero-order chi connectivity index (χ0) is 15.9. The van der Waals surface area contributed by atoms with Crippen LogP contribution in [0.5, 0.6) is 0 Å². The molecule has 0 unspecified atom stereocenters. The summed E-state index contributed by atoms with van der Waals surface area (Å²) >= 11 is 0. The van der Waals surface area contributed by atoms with Gasteiger partial charge in [-0.2, -0.15) is 0 Å². The second-order valence-electron chi connectivity index (χ2n) is 6.14. The van der Waals surface area contributed by atoms with Crippen molar-refractivity contribution in [1.29, 1.82) is 0 Å². The van der Waals surface area contributed by atoms with Crippen molar-refractivity contribution in [2.45, 2.75) is 27.2 Å². The molecular formula is C17H24N2O2. The minimum atomic E-state index is -0.143. The van der Waals surface area contributed by atoms with Crippen molar-refractivity contribution in [3.63, 3.8) is 0 Å². The summed E-state index contributed by atoms with van der Waals surface area (Å²) in [6.45, 7) is 10.5. The van der Waals surface area contributed by atoms with Gasteiger partial charge in [0.25, 0.3) is 5.91 Å². The van der Waals surface area contributed by atoms with Crippen LogP contribution in [0.1, 0.15) is 36.7 Å². The summed E-state index contributed by atoms with van der Waals surface area (Å²) < 4.78 is 5.05. The van der Waals surface area contributed by atoms with Crippen LogP contribution in [0, 0.1) is 5.41 Å². The first kappa shape index (κ1) is 17.0. The van der Waals surface area contributed by atoms with Crippen molar-refractivity contribution in [3.05, 3.63) is 47.7 Å². The van der Waals surface area contributed by atoms with Gasteiger partial charge >= 0.3 is 0 Å². The van der Waals surface area contributed by atoms with E-state index in [-0.39, 0.29) is 17.9 Å². The first-order valence-electron chi connectivity index (χ1n) is 6.94. The normalized spacial score (nSPS) is 11.4. The van der Waals surface area contributed by atoms with Crippen LogP contribution in [-0.4, -0.2) is 25.9 Å². The molecule has 0 bridgehead atoms. The van der Waals surface area contributed by atoms with Crippen molar-refractivity contribution in [2.24, 2.45) is 10.4 Å². The highest BCUT2D eigenvalue weighted by atomic mass is 16.5. The van der Waals surface area contributed by atoms with Gasteiger partial charge < -0.3 is 10.1 Å². The zero-order valence-electron chi connectivity index (χ0n) is 13.3. The lowest BCUT2D eigenvalue weighted by Crippen LogP contribution is -2.26. The maximum absolute atomic E-state index is 12.0. The number of aliphatic imine (C=N–C) groups is 1. The smallest absolute Gasteiger partial charge is 0.251 e. The summed E-state index contributed by atoms with van der Waals surface area (Å²) in [7, 11) is 1.60. The molecular weight excluding hydrogens is 264 g/mol. The van der Waals surface area contributed by atoms with Crippen molar-refractivity contribution in [2.75, 3.05) is 13.6 Å². The van der Waals surface area contributed by atoms with Crippen molar-refractivity contribution >= 4 is 12.3 Å². The molecule has 4 heteroatoms. The fourth-order valence-corrected chi connectivity index (χ4v) is 1.84. The van der Waals surface area contributed by atoms with Crippen molar-refractivity contribution in [1.82, 2.24) is 5.32 Å². The molecule has 0 spiro atoms. The molecule has 0 radical (unpaired) electrons. The third-order valence-electron chi connectivity index (χ3n) is 2.72. The number of amides is 1. The molecule has 1 N–H and O–H groups in total. The van der Waals surface area contributed by atoms with Crippen LogP contribution in [0.4, 0.5) is 0 Å². The summed E-state index contributed by atoms with van der Waals surface area (Å²) in [6, 6.07) is 7.67. The Morgan fingerprint density at radius 2 is 1.95 bits per heavy atom. The highest BCUT2D eigenvalue weighted by Gasteiger charge is 2.12. The molecule has 0 atom stereocenters. The molecule has 114 valence electrons. The highest BCUT2D eigenvalue weighted by molar-refractivity contribution is 5.94. The van der Waals surface area contributed by atoms with Crippen LogP contribution in [-0.2, 0) is 11.2 Å². The maximum Gasteiger partial charge on any atom is 0.251 e. The maximum atomic E-state index is 12.0. The Hall–Kier alpha value is -2.10. The van der Waals surface area contributed by atoms with E-state index >= 15 is 0 Å². The van der Waals surface area contributed by atoms with E-state index in [2.05, 4.69) is 37.7 Å². The van der Waals surface area contributed by atoms with Crippen LogP contribution in [0.15, 0.2) is 41.6 Å². The Morgan fingerprint density at radius 3 is 2.48 bits per heavy atom. The van der Waals surface area contributed by atoms with Crippen LogP contribution in [0.2, 0.25) is 0 Å². The second kappa shape index (κ2) is 7.62. The fourth-order valence-electron chi connectivity index (χ4n) is 1.84. The van der Waals surface area contributed by atoms with Crippen molar-refractivity contribution < 1.29 is 9.53 Å². The first-order valence-corrected chi connectivity index (χ1v) is 6.94. The van der Waals surface area contributed by atoms with Crippen molar-refractivity contribution in [3.8, 4) is 0 Å². The van der Waals surface area contributed by atoms with Crippen LogP contribution in [0.3, 0.4) is 0 Å². The number of nitrogens with one attached hydrogen (secondary N) is 1. The highest BCUT2D eigenvalue weighted by Crippen LogP contribution is 2.20. The van der Waals surface area contributed by atoms with Gasteiger partial charge in [-0.3, -0.25) is 9.79 Å². The summed E-state index contributed by atoms with van der Waals surface area (Å²) in [5.41, 5.74) is 2.09. The van der Waals surface area contributed by atoms with Gasteiger partial charge in [0.05, 0.1) is 6.54 Å². The predicted octanol–water partition coefficient (Wildman–Crippen LogP) is 3.19. The largest absolute Gasteiger partial charge is 0.449 e. The third-order valence-corrected chi connectivity index (χ3v) is 2.72. The topological polar surface area (TPSA) is 50.7 Å². The van der Waals surface area contributed by atoms with E-state index in [1.165, 1.54) is 12.0 Å². The molecule has 0 saturated carbocycles. The standard InChI is InChI=1S/C17H24N2O2/c1-13(21-12-18-5)11-19-16(20)15-8-6-14(7-9-15)10-17(2,3)4/h6-9,12H,1,10-11H2,2-5H3,(H,19,20)/b18-12-. The molecule has 0 aliphatic heterocycles. The Balaban J connectivity index is 2.53. The Morgan fingerprint density at radius 1 is 1.33 bits per heavy atom. The quantitative estimate of drug-likeness (QED) is 0.496. The molecule has 4 nitrogen and oxygen atoms in total. The predicted molar refractivity (Wildman–Crippen MR) is 86.6 cm³/mol. The summed E-state index contributed by atoms with van der Waals surface area (Å²) in [4.78, 5) is 15.7. The van der Waals surface area contributed by atoms with E-state index in [0.717, 1.165) is 6.42 Å². The Kier molecular flexibility index (Phi) is 6.15. The lowest BCUT2D eigenvalue weighted by Gasteiger charge is -2.18. The lowest BCUT2D eigenvalue weighted by molar-refractivity contribution is 0.0953. The Bertz CT molecular complexity index is 511. The van der Waals surface area contributed by atoms with Gasteiger partial charge in [0, 0.05) is 12.6 Å². The van der Waals surface area contributed by atoms with Gasteiger partial charge in [0.1, 0.15) is 5.76 Å². The van der Waals surface area contributed by atoms with Gasteiger partial charge in [0.2, 0.25) is 0 Å². The number of benzene rings is 1. The second-order valence-corrected chi connectivity index (χ2v) is 6.14. The molecule has 0 fully saturated rings. The van der Waals surface area contributed by atoms with Crippen LogP contribution in [0.25, 0.3) is 0 Å². The van der Waals surface area contributed by atoms with Gasteiger partial charge in [-0.05, 0) is 29.5 Å². The number of carbonyl (C=O) groups is 1. The van der Waals surface area contributed by atoms with Gasteiger partial charge in [0.15, 0.2) is 6.40 Å². The molecule has 1 rings (SSSR count). The number of nitrogens with zero attached hydrogens (tertiary/aromatic N) is 1. The van der Waals surface area contributed by atoms with E-state index in [1.54, 1.807) is 7.05 Å². The first-order chi connectivity index (χ1) is 9.81. The number of rotatable bonds is 6. The number of hydrogen-bond donors (Lipinski definition) is 1. The molecule has 0 aliphatic carbocycles. The average molecular weight is 288 g/mol. The zero-order valence-corrected chi connectivity index (χ0v) is 13.3. The number of hydrogen-bond acceptors (Lipinski definition) is 3. The molecule has 1 aromatic carbocycles. The Labute approximate surface area is 126 Å². The van der Waals surface area contributed by atoms with E-state index in [1.807, 2.05) is 24.3 Å². The van der Waals surface area contributed by atoms with Crippen LogP contribution >= 0.6 is 0 Å². The van der Waals surface area contributed by atoms with E-state index in [4.69, 9.17) is 4.74 Å². The van der Waals surface area contributed by atoms with Gasteiger partial charge in [-0.25, -0.2) is 0 Å². The van der Waals surface area contributed by atoms with Gasteiger partial charge in [-0.15, -0.1) is 0 Å². The monoisotopic (exact) mass is 288 g/mol. The van der Waals surface area contributed by atoms with E-state index < -0.39 is 0 Å². The lowest BCUT2D eigenvalue weighted by atomic mass is 9.88. The minimum absolute atomic E-state index is 0.143. The average Bonchev–Trinajstić information content (AvgIpc) is 2.41. The minimum Gasteiger partial charge on any atom is -0.449 e. The molecule has 1 amide bonds. The van der Waals surface area contributed by atoms with Crippen LogP contribution < -0.4 is 5.32 Å². The third kappa shape index (κ3) is 6.75. The van der Waals surface area contributed by atoms with Gasteiger partial charge in [-0.1, -0.05) is 39.5 Å². The molecule has 1 aromatic rings. The molecule has 0 heterocycles. The molecule has 0 aliphatic rings. The fraction of sp³-hybridized carbons (Fsp3) is 0.412. The summed E-state index contributed by atoms with van der Waals surface area (Å²) in [6.07, 6.45) is 2.27. The molecule has 0 saturated heterocycles. The van der Waals surface area contributed by atoms with E-state index in [0.29, 0.717) is 11.3 Å². The SMILES string of the molecule is C=C(CNC(=O)c1ccc(CC(C)(C)C)cc1)O/C=N\C. The van der Waals surface area contributed by atoms with E-state index in [9.17, 15) is 4.79 Å². The summed E-state index contributed by atoms with van der Waals surface area (Å²) in [5.74, 6) is 0.300. The molecule has 0 aromatic heterocycles. The number of carbonyl (C=O) groups excluding carboxylic acids is 1.